The largest absolute Gasteiger partial charge is 0.389 e. The van der Waals surface area contributed by atoms with E-state index in [0.717, 1.165) is 25.9 Å². The molecule has 0 saturated heterocycles. The Bertz CT molecular complexity index is 657. The van der Waals surface area contributed by atoms with Crippen LogP contribution in [0.15, 0.2) is 48.5 Å². The molecule has 0 aliphatic carbocycles. The number of aliphatic hydroxyl groups is 2. The van der Waals surface area contributed by atoms with Crippen molar-refractivity contribution in [2.45, 2.75) is 50.2 Å². The fourth-order valence-corrected chi connectivity index (χ4v) is 3.92. The summed E-state index contributed by atoms with van der Waals surface area (Å²) in [6, 6.07) is 16.3. The van der Waals surface area contributed by atoms with Crippen molar-refractivity contribution in [3.8, 4) is 0 Å². The Hall–Kier alpha value is -1.72. The molecule has 2 aromatic rings. The number of fused-ring (bicyclic) bond motifs is 2. The lowest BCUT2D eigenvalue weighted by Gasteiger charge is -2.37. The molecular weight excluding hydrogens is 300 g/mol. The number of aliphatic hydroxyl groups excluding tert-OH is 2. The van der Waals surface area contributed by atoms with E-state index in [2.05, 4.69) is 34.9 Å². The van der Waals surface area contributed by atoms with E-state index in [1.165, 1.54) is 22.3 Å². The minimum Gasteiger partial charge on any atom is -0.389 e. The second-order valence-electron chi connectivity index (χ2n) is 6.90. The first-order valence-electron chi connectivity index (χ1n) is 8.69. The minimum atomic E-state index is -0.791. The van der Waals surface area contributed by atoms with Gasteiger partial charge in [-0.1, -0.05) is 48.5 Å². The van der Waals surface area contributed by atoms with E-state index in [4.69, 9.17) is 0 Å². The molecule has 0 bridgehead atoms. The van der Waals surface area contributed by atoms with Crippen LogP contribution in [0.4, 0.5) is 0 Å². The van der Waals surface area contributed by atoms with Crippen LogP contribution in [0, 0.1) is 0 Å². The molecular formula is C20H24N2O2. The lowest BCUT2D eigenvalue weighted by molar-refractivity contribution is -0.0270. The Labute approximate surface area is 142 Å². The zero-order valence-corrected chi connectivity index (χ0v) is 13.7. The number of nitrogens with one attached hydrogen (secondary N) is 2. The molecule has 126 valence electrons. The quantitative estimate of drug-likeness (QED) is 0.684. The summed E-state index contributed by atoms with van der Waals surface area (Å²) in [6.07, 6.45) is -0.0858. The molecule has 4 rings (SSSR count). The van der Waals surface area contributed by atoms with Gasteiger partial charge in [0.25, 0.3) is 0 Å². The molecule has 2 unspecified atom stereocenters. The van der Waals surface area contributed by atoms with Gasteiger partial charge in [-0.3, -0.25) is 0 Å². The van der Waals surface area contributed by atoms with Crippen molar-refractivity contribution in [2.75, 3.05) is 0 Å². The Morgan fingerprint density at radius 3 is 1.46 bits per heavy atom. The van der Waals surface area contributed by atoms with Crippen molar-refractivity contribution in [1.29, 1.82) is 0 Å². The van der Waals surface area contributed by atoms with Crippen molar-refractivity contribution in [1.82, 2.24) is 10.6 Å². The third kappa shape index (κ3) is 2.98. The van der Waals surface area contributed by atoms with Crippen molar-refractivity contribution in [3.05, 3.63) is 70.8 Å². The van der Waals surface area contributed by atoms with Crippen molar-refractivity contribution in [2.24, 2.45) is 0 Å². The summed E-state index contributed by atoms with van der Waals surface area (Å²) in [5.74, 6) is 0. The van der Waals surface area contributed by atoms with E-state index in [1.54, 1.807) is 0 Å². The van der Waals surface area contributed by atoms with Crippen LogP contribution < -0.4 is 10.6 Å². The van der Waals surface area contributed by atoms with Crippen molar-refractivity contribution < 1.29 is 10.2 Å². The summed E-state index contributed by atoms with van der Waals surface area (Å²) in [4.78, 5) is 0. The smallest absolute Gasteiger partial charge is 0.0970 e. The molecule has 0 amide bonds. The van der Waals surface area contributed by atoms with Gasteiger partial charge in [0.05, 0.1) is 12.2 Å². The summed E-state index contributed by atoms with van der Waals surface area (Å²) in [6.45, 7) is 1.48. The average Bonchev–Trinajstić information content (AvgIpc) is 2.66. The van der Waals surface area contributed by atoms with Gasteiger partial charge in [0.1, 0.15) is 0 Å². The summed E-state index contributed by atoms with van der Waals surface area (Å²) < 4.78 is 0. The third-order valence-electron chi connectivity index (χ3n) is 5.40. The molecule has 2 aliphatic heterocycles. The first-order chi connectivity index (χ1) is 11.7. The molecule has 0 spiro atoms. The second-order valence-corrected chi connectivity index (χ2v) is 6.90. The van der Waals surface area contributed by atoms with Gasteiger partial charge in [-0.2, -0.15) is 0 Å². The highest BCUT2D eigenvalue weighted by atomic mass is 16.3. The normalized spacial score (nSPS) is 25.4. The maximum atomic E-state index is 10.7. The highest BCUT2D eigenvalue weighted by Gasteiger charge is 2.35. The SMILES string of the molecule is O[C@@H](C1Cc2ccccc2CN1)[C@@H](O)C1Cc2ccccc2CN1. The monoisotopic (exact) mass is 324 g/mol. The lowest BCUT2D eigenvalue weighted by atomic mass is 9.86. The van der Waals surface area contributed by atoms with Crippen LogP contribution in [0.25, 0.3) is 0 Å². The summed E-state index contributed by atoms with van der Waals surface area (Å²) in [5.41, 5.74) is 5.07. The van der Waals surface area contributed by atoms with Crippen LogP contribution in [0.3, 0.4) is 0 Å². The fraction of sp³-hybridized carbons (Fsp3) is 0.400. The van der Waals surface area contributed by atoms with Gasteiger partial charge in [0, 0.05) is 25.2 Å². The lowest BCUT2D eigenvalue weighted by Crippen LogP contribution is -2.57. The molecule has 0 saturated carbocycles. The predicted octanol–water partition coefficient (Wildman–Crippen LogP) is 1.14. The van der Waals surface area contributed by atoms with Gasteiger partial charge in [-0.25, -0.2) is 0 Å². The third-order valence-corrected chi connectivity index (χ3v) is 5.40. The first kappa shape index (κ1) is 15.8. The molecule has 4 N–H and O–H groups in total. The van der Waals surface area contributed by atoms with E-state index < -0.39 is 12.2 Å². The molecule has 24 heavy (non-hydrogen) atoms. The summed E-state index contributed by atoms with van der Waals surface area (Å²) >= 11 is 0. The van der Waals surface area contributed by atoms with Crippen molar-refractivity contribution in [3.63, 3.8) is 0 Å². The van der Waals surface area contributed by atoms with Gasteiger partial charge in [0.15, 0.2) is 0 Å². The number of rotatable bonds is 3. The Morgan fingerprint density at radius 1 is 0.667 bits per heavy atom. The van der Waals surface area contributed by atoms with Gasteiger partial charge in [0.2, 0.25) is 0 Å². The zero-order chi connectivity index (χ0) is 16.5. The van der Waals surface area contributed by atoms with E-state index in [9.17, 15) is 10.2 Å². The minimum absolute atomic E-state index is 0.117. The first-order valence-corrected chi connectivity index (χ1v) is 8.69. The van der Waals surface area contributed by atoms with Crippen molar-refractivity contribution >= 4 is 0 Å². The van der Waals surface area contributed by atoms with E-state index in [-0.39, 0.29) is 12.1 Å². The molecule has 4 nitrogen and oxygen atoms in total. The molecule has 0 fully saturated rings. The van der Waals surface area contributed by atoms with Crippen LogP contribution >= 0.6 is 0 Å². The highest BCUT2D eigenvalue weighted by molar-refractivity contribution is 5.32. The Balaban J connectivity index is 1.45. The zero-order valence-electron chi connectivity index (χ0n) is 13.7. The Morgan fingerprint density at radius 2 is 1.04 bits per heavy atom. The summed E-state index contributed by atoms with van der Waals surface area (Å²) in [5, 5.41) is 28.2. The van der Waals surface area contributed by atoms with Gasteiger partial charge in [-0.15, -0.1) is 0 Å². The standard InChI is InChI=1S/C20H24N2O2/c23-19(17-9-13-5-1-3-7-15(13)11-21-17)20(24)18-10-14-6-2-4-8-16(14)12-22-18/h1-8,17-24H,9-12H2/t17?,18?,19-,20-/m0/s1. The van der Waals surface area contributed by atoms with Crippen LogP contribution in [0.5, 0.6) is 0 Å². The number of benzene rings is 2. The van der Waals surface area contributed by atoms with Crippen LogP contribution in [0.1, 0.15) is 22.3 Å². The molecule has 0 aromatic heterocycles. The fourth-order valence-electron chi connectivity index (χ4n) is 3.92. The van der Waals surface area contributed by atoms with Crippen LogP contribution in [-0.2, 0) is 25.9 Å². The van der Waals surface area contributed by atoms with E-state index in [0.29, 0.717) is 0 Å². The topological polar surface area (TPSA) is 64.5 Å². The summed E-state index contributed by atoms with van der Waals surface area (Å²) in [7, 11) is 0. The van der Waals surface area contributed by atoms with E-state index >= 15 is 0 Å². The highest BCUT2D eigenvalue weighted by Crippen LogP contribution is 2.23. The molecule has 2 aliphatic rings. The predicted molar refractivity (Wildman–Crippen MR) is 93.6 cm³/mol. The second kappa shape index (κ2) is 6.65. The molecule has 2 heterocycles. The molecule has 4 atom stereocenters. The van der Waals surface area contributed by atoms with Gasteiger partial charge < -0.3 is 20.8 Å². The van der Waals surface area contributed by atoms with E-state index in [1.807, 2.05) is 24.3 Å². The number of hydrogen-bond acceptors (Lipinski definition) is 4. The van der Waals surface area contributed by atoms with Crippen LogP contribution in [-0.4, -0.2) is 34.5 Å². The molecule has 2 aromatic carbocycles. The van der Waals surface area contributed by atoms with Crippen LogP contribution in [0.2, 0.25) is 0 Å². The molecule has 4 heteroatoms. The maximum Gasteiger partial charge on any atom is 0.0970 e. The maximum absolute atomic E-state index is 10.7. The molecule has 0 radical (unpaired) electrons. The van der Waals surface area contributed by atoms with Gasteiger partial charge >= 0.3 is 0 Å². The Kier molecular flexibility index (Phi) is 4.37. The number of hydrogen-bond donors (Lipinski definition) is 4. The average molecular weight is 324 g/mol. The van der Waals surface area contributed by atoms with Gasteiger partial charge in [-0.05, 0) is 35.1 Å².